The topological polar surface area (TPSA) is 95.5 Å². The van der Waals surface area contributed by atoms with Crippen LogP contribution in [0.15, 0.2) is 30.3 Å². The molecule has 0 saturated heterocycles. The van der Waals surface area contributed by atoms with Gasteiger partial charge in [-0.3, -0.25) is 9.59 Å². The zero-order valence-electron chi connectivity index (χ0n) is 15.1. The third-order valence-corrected chi connectivity index (χ3v) is 3.76. The van der Waals surface area contributed by atoms with Crippen LogP contribution in [0.1, 0.15) is 45.6 Å². The molecule has 0 aliphatic heterocycles. The van der Waals surface area contributed by atoms with Gasteiger partial charge in [0, 0.05) is 0 Å². The van der Waals surface area contributed by atoms with Crippen molar-refractivity contribution in [2.75, 3.05) is 0 Å². The standard InChI is InChI=1S/C19H28N2O4/c1-4-8-15(18(23)21-16(19(24)25)11-13(2)3)20-17(22)12-14-9-6-5-7-10-14/h5-7,9-10,13,15-16H,4,8,11-12H2,1-3H3,(H,20,22)(H,21,23)(H,24,25)/t15?,16-/m1/s1. The Kier molecular flexibility index (Phi) is 8.67. The lowest BCUT2D eigenvalue weighted by atomic mass is 10.0. The molecular formula is C19H28N2O4. The first-order valence-electron chi connectivity index (χ1n) is 8.70. The van der Waals surface area contributed by atoms with Crippen LogP contribution in [-0.2, 0) is 20.8 Å². The van der Waals surface area contributed by atoms with Gasteiger partial charge in [0.1, 0.15) is 12.1 Å². The van der Waals surface area contributed by atoms with Crippen molar-refractivity contribution in [2.45, 2.75) is 58.5 Å². The maximum atomic E-state index is 12.4. The average molecular weight is 348 g/mol. The second kappa shape index (κ2) is 10.5. The molecule has 6 heteroatoms. The van der Waals surface area contributed by atoms with E-state index in [1.165, 1.54) is 0 Å². The molecule has 25 heavy (non-hydrogen) atoms. The van der Waals surface area contributed by atoms with Crippen LogP contribution in [0.5, 0.6) is 0 Å². The van der Waals surface area contributed by atoms with Crippen LogP contribution < -0.4 is 10.6 Å². The number of nitrogens with one attached hydrogen (secondary N) is 2. The van der Waals surface area contributed by atoms with E-state index < -0.39 is 24.0 Å². The lowest BCUT2D eigenvalue weighted by Crippen LogP contribution is -2.52. The van der Waals surface area contributed by atoms with Crippen molar-refractivity contribution in [3.63, 3.8) is 0 Å². The van der Waals surface area contributed by atoms with Gasteiger partial charge in [-0.15, -0.1) is 0 Å². The largest absolute Gasteiger partial charge is 0.480 e. The van der Waals surface area contributed by atoms with Crippen LogP contribution in [0.25, 0.3) is 0 Å². The molecule has 1 rings (SSSR count). The maximum Gasteiger partial charge on any atom is 0.326 e. The van der Waals surface area contributed by atoms with Crippen molar-refractivity contribution in [2.24, 2.45) is 5.92 Å². The quantitative estimate of drug-likeness (QED) is 0.603. The van der Waals surface area contributed by atoms with Crippen molar-refractivity contribution in [3.8, 4) is 0 Å². The molecule has 2 atom stereocenters. The van der Waals surface area contributed by atoms with E-state index in [9.17, 15) is 19.5 Å². The minimum Gasteiger partial charge on any atom is -0.480 e. The molecule has 0 fully saturated rings. The molecule has 0 saturated carbocycles. The highest BCUT2D eigenvalue weighted by Gasteiger charge is 2.26. The Morgan fingerprint density at radius 2 is 1.68 bits per heavy atom. The minimum atomic E-state index is -1.06. The molecule has 0 radical (unpaired) electrons. The number of benzene rings is 1. The van der Waals surface area contributed by atoms with Crippen molar-refractivity contribution >= 4 is 17.8 Å². The van der Waals surface area contributed by atoms with Gasteiger partial charge in [-0.05, 0) is 24.3 Å². The Balaban J connectivity index is 2.68. The number of hydrogen-bond donors (Lipinski definition) is 3. The molecule has 0 aliphatic rings. The second-order valence-electron chi connectivity index (χ2n) is 6.60. The maximum absolute atomic E-state index is 12.4. The van der Waals surface area contributed by atoms with Gasteiger partial charge in [-0.1, -0.05) is 57.5 Å². The van der Waals surface area contributed by atoms with Gasteiger partial charge in [0.05, 0.1) is 6.42 Å². The summed E-state index contributed by atoms with van der Waals surface area (Å²) in [5.41, 5.74) is 0.860. The fourth-order valence-corrected chi connectivity index (χ4v) is 2.55. The Morgan fingerprint density at radius 3 is 2.20 bits per heavy atom. The summed E-state index contributed by atoms with van der Waals surface area (Å²) >= 11 is 0. The van der Waals surface area contributed by atoms with E-state index in [1.807, 2.05) is 51.1 Å². The average Bonchev–Trinajstić information content (AvgIpc) is 2.54. The van der Waals surface area contributed by atoms with Crippen LogP contribution in [0.4, 0.5) is 0 Å². The predicted octanol–water partition coefficient (Wildman–Crippen LogP) is 2.13. The number of rotatable bonds is 10. The van der Waals surface area contributed by atoms with E-state index in [0.717, 1.165) is 5.56 Å². The molecule has 0 bridgehead atoms. The van der Waals surface area contributed by atoms with Crippen molar-refractivity contribution in [3.05, 3.63) is 35.9 Å². The molecule has 1 aromatic rings. The van der Waals surface area contributed by atoms with Crippen LogP contribution in [0, 0.1) is 5.92 Å². The Bertz CT molecular complexity index is 572. The zero-order valence-corrected chi connectivity index (χ0v) is 15.1. The van der Waals surface area contributed by atoms with Gasteiger partial charge in [-0.25, -0.2) is 4.79 Å². The normalized spacial score (nSPS) is 13.1. The first kappa shape index (κ1) is 20.7. The summed E-state index contributed by atoms with van der Waals surface area (Å²) in [5.74, 6) is -1.63. The molecule has 138 valence electrons. The first-order valence-corrected chi connectivity index (χ1v) is 8.70. The fourth-order valence-electron chi connectivity index (χ4n) is 2.55. The first-order chi connectivity index (χ1) is 11.8. The van der Waals surface area contributed by atoms with Crippen molar-refractivity contribution in [1.82, 2.24) is 10.6 Å². The van der Waals surface area contributed by atoms with E-state index >= 15 is 0 Å². The van der Waals surface area contributed by atoms with E-state index in [4.69, 9.17) is 0 Å². The molecule has 1 aromatic carbocycles. The molecule has 0 aliphatic carbocycles. The van der Waals surface area contributed by atoms with Gasteiger partial charge < -0.3 is 15.7 Å². The van der Waals surface area contributed by atoms with E-state index in [1.54, 1.807) is 0 Å². The summed E-state index contributed by atoms with van der Waals surface area (Å²) in [7, 11) is 0. The Labute approximate surface area is 149 Å². The number of carboxylic acid groups (broad SMARTS) is 1. The number of hydrogen-bond acceptors (Lipinski definition) is 3. The Morgan fingerprint density at radius 1 is 1.04 bits per heavy atom. The number of carboxylic acids is 1. The van der Waals surface area contributed by atoms with Crippen molar-refractivity contribution in [1.29, 1.82) is 0 Å². The van der Waals surface area contributed by atoms with Crippen LogP contribution in [-0.4, -0.2) is 35.0 Å². The molecule has 1 unspecified atom stereocenters. The third kappa shape index (κ3) is 7.83. The molecular weight excluding hydrogens is 320 g/mol. The fraction of sp³-hybridized carbons (Fsp3) is 0.526. The number of amides is 2. The summed E-state index contributed by atoms with van der Waals surface area (Å²) in [6, 6.07) is 7.59. The second-order valence-corrected chi connectivity index (χ2v) is 6.60. The number of aliphatic carboxylic acids is 1. The van der Waals surface area contributed by atoms with Gasteiger partial charge in [0.15, 0.2) is 0 Å². The summed E-state index contributed by atoms with van der Waals surface area (Å²) in [6.45, 7) is 5.70. The Hall–Kier alpha value is -2.37. The summed E-state index contributed by atoms with van der Waals surface area (Å²) in [5, 5.41) is 14.5. The highest BCUT2D eigenvalue weighted by molar-refractivity contribution is 5.90. The van der Waals surface area contributed by atoms with E-state index in [0.29, 0.717) is 19.3 Å². The number of carbonyl (C=O) groups excluding carboxylic acids is 2. The number of carbonyl (C=O) groups is 3. The monoisotopic (exact) mass is 348 g/mol. The molecule has 2 amide bonds. The van der Waals surface area contributed by atoms with Gasteiger partial charge in [-0.2, -0.15) is 0 Å². The van der Waals surface area contributed by atoms with Crippen LogP contribution in [0.2, 0.25) is 0 Å². The smallest absolute Gasteiger partial charge is 0.326 e. The molecule has 3 N–H and O–H groups in total. The molecule has 0 heterocycles. The lowest BCUT2D eigenvalue weighted by Gasteiger charge is -2.22. The van der Waals surface area contributed by atoms with Gasteiger partial charge in [0.25, 0.3) is 0 Å². The van der Waals surface area contributed by atoms with E-state index in [-0.39, 0.29) is 18.2 Å². The molecule has 0 aromatic heterocycles. The van der Waals surface area contributed by atoms with Crippen LogP contribution >= 0.6 is 0 Å². The SMILES string of the molecule is CCCC(NC(=O)Cc1ccccc1)C(=O)N[C@H](CC(C)C)C(=O)O. The summed E-state index contributed by atoms with van der Waals surface area (Å²) in [4.78, 5) is 35.9. The lowest BCUT2D eigenvalue weighted by molar-refractivity contribution is -0.142. The summed E-state index contributed by atoms with van der Waals surface area (Å²) in [6.07, 6.45) is 1.69. The summed E-state index contributed by atoms with van der Waals surface area (Å²) < 4.78 is 0. The molecule has 6 nitrogen and oxygen atoms in total. The van der Waals surface area contributed by atoms with Crippen molar-refractivity contribution < 1.29 is 19.5 Å². The highest BCUT2D eigenvalue weighted by atomic mass is 16.4. The van der Waals surface area contributed by atoms with Gasteiger partial charge in [0.2, 0.25) is 11.8 Å². The van der Waals surface area contributed by atoms with Gasteiger partial charge >= 0.3 is 5.97 Å². The predicted molar refractivity (Wildman–Crippen MR) is 96.0 cm³/mol. The molecule has 0 spiro atoms. The third-order valence-electron chi connectivity index (χ3n) is 3.76. The van der Waals surface area contributed by atoms with Crippen LogP contribution in [0.3, 0.4) is 0 Å². The van der Waals surface area contributed by atoms with E-state index in [2.05, 4.69) is 10.6 Å². The minimum absolute atomic E-state index is 0.138. The zero-order chi connectivity index (χ0) is 18.8. The highest BCUT2D eigenvalue weighted by Crippen LogP contribution is 2.07.